The van der Waals surface area contributed by atoms with Crippen LogP contribution in [0.4, 0.5) is 0 Å². The van der Waals surface area contributed by atoms with Crippen molar-refractivity contribution in [1.29, 1.82) is 0 Å². The average molecular weight is 462 g/mol. The second-order valence-electron chi connectivity index (χ2n) is 7.49. The fourth-order valence-corrected chi connectivity index (χ4v) is 3.05. The molecule has 8 heteroatoms. The van der Waals surface area contributed by atoms with Crippen LogP contribution in [0.2, 0.25) is 0 Å². The van der Waals surface area contributed by atoms with Crippen molar-refractivity contribution in [2.75, 3.05) is 26.7 Å². The van der Waals surface area contributed by atoms with Gasteiger partial charge in [0.2, 0.25) is 5.91 Å². The summed E-state index contributed by atoms with van der Waals surface area (Å²) in [5, 5.41) is 6.13. The number of likely N-dealkylation sites (tertiary alicyclic amines) is 1. The fourth-order valence-electron chi connectivity index (χ4n) is 3.05. The summed E-state index contributed by atoms with van der Waals surface area (Å²) >= 11 is 0. The molecular formula is C17H31IN6O. The van der Waals surface area contributed by atoms with Crippen molar-refractivity contribution in [3.63, 3.8) is 0 Å². The van der Waals surface area contributed by atoms with Crippen LogP contribution in [-0.4, -0.2) is 58.5 Å². The number of rotatable bonds is 3. The molecule has 1 fully saturated rings. The lowest BCUT2D eigenvalue weighted by Crippen LogP contribution is -2.52. The quantitative estimate of drug-likeness (QED) is 0.409. The van der Waals surface area contributed by atoms with Gasteiger partial charge in [-0.25, -0.2) is 4.98 Å². The van der Waals surface area contributed by atoms with Crippen molar-refractivity contribution in [2.45, 2.75) is 45.7 Å². The van der Waals surface area contributed by atoms with Crippen molar-refractivity contribution >= 4 is 35.8 Å². The first-order chi connectivity index (χ1) is 11.3. The summed E-state index contributed by atoms with van der Waals surface area (Å²) in [5.41, 5.74) is -0.227. The van der Waals surface area contributed by atoms with E-state index in [1.54, 1.807) is 7.05 Å². The zero-order chi connectivity index (χ0) is 17.7. The van der Waals surface area contributed by atoms with Gasteiger partial charge in [0, 0.05) is 38.1 Å². The Morgan fingerprint density at radius 1 is 1.40 bits per heavy atom. The summed E-state index contributed by atoms with van der Waals surface area (Å²) in [6.45, 7) is 10.2. The molecule has 2 atom stereocenters. The van der Waals surface area contributed by atoms with Gasteiger partial charge in [0.15, 0.2) is 5.96 Å². The summed E-state index contributed by atoms with van der Waals surface area (Å²) in [5.74, 6) is 1.33. The van der Waals surface area contributed by atoms with E-state index in [1.165, 1.54) is 0 Å². The van der Waals surface area contributed by atoms with Crippen LogP contribution in [0.1, 0.15) is 40.2 Å². The number of imidazole rings is 1. The van der Waals surface area contributed by atoms with Crippen LogP contribution in [0.5, 0.6) is 0 Å². The van der Waals surface area contributed by atoms with Crippen LogP contribution < -0.4 is 10.6 Å². The van der Waals surface area contributed by atoms with E-state index >= 15 is 0 Å². The molecule has 1 amide bonds. The maximum absolute atomic E-state index is 12.0. The maximum Gasteiger partial charge on any atom is 0.239 e. The predicted molar refractivity (Wildman–Crippen MR) is 111 cm³/mol. The van der Waals surface area contributed by atoms with Crippen molar-refractivity contribution in [3.05, 3.63) is 18.7 Å². The van der Waals surface area contributed by atoms with Crippen molar-refractivity contribution in [3.8, 4) is 0 Å². The molecule has 1 saturated heterocycles. The van der Waals surface area contributed by atoms with Gasteiger partial charge in [-0.2, -0.15) is 0 Å². The molecule has 1 aromatic heterocycles. The zero-order valence-corrected chi connectivity index (χ0v) is 18.2. The van der Waals surface area contributed by atoms with Gasteiger partial charge < -0.3 is 20.1 Å². The minimum Gasteiger partial charge on any atom is -0.350 e. The summed E-state index contributed by atoms with van der Waals surface area (Å²) in [7, 11) is 1.76. The van der Waals surface area contributed by atoms with Crippen molar-refractivity contribution in [2.24, 2.45) is 10.9 Å². The van der Waals surface area contributed by atoms with Crippen LogP contribution in [-0.2, 0) is 4.79 Å². The normalized spacial score (nSPS) is 21.5. The van der Waals surface area contributed by atoms with Crippen LogP contribution in [0, 0.1) is 5.92 Å². The van der Waals surface area contributed by atoms with Gasteiger partial charge in [-0.1, -0.05) is 6.92 Å². The number of nitrogens with zero attached hydrogens (tertiary/aromatic N) is 4. The Balaban J connectivity index is 0.00000312. The molecule has 0 saturated carbocycles. The first-order valence-electron chi connectivity index (χ1n) is 8.54. The van der Waals surface area contributed by atoms with Gasteiger partial charge in [-0.05, 0) is 33.1 Å². The zero-order valence-electron chi connectivity index (χ0n) is 15.8. The third kappa shape index (κ3) is 6.48. The number of amides is 1. The topological polar surface area (TPSA) is 74.6 Å². The number of carbonyl (C=O) groups excluding carboxylic acids is 1. The maximum atomic E-state index is 12.0. The van der Waals surface area contributed by atoms with E-state index in [0.29, 0.717) is 12.0 Å². The highest BCUT2D eigenvalue weighted by atomic mass is 127. The molecule has 7 nitrogen and oxygen atoms in total. The lowest BCUT2D eigenvalue weighted by molar-refractivity contribution is -0.121. The molecule has 0 aliphatic carbocycles. The van der Waals surface area contributed by atoms with Gasteiger partial charge in [0.25, 0.3) is 0 Å². The van der Waals surface area contributed by atoms with E-state index in [4.69, 9.17) is 0 Å². The highest BCUT2D eigenvalue weighted by molar-refractivity contribution is 14.0. The van der Waals surface area contributed by atoms with E-state index in [2.05, 4.69) is 37.0 Å². The molecule has 2 heterocycles. The van der Waals surface area contributed by atoms with Gasteiger partial charge in [-0.15, -0.1) is 24.0 Å². The van der Waals surface area contributed by atoms with Gasteiger partial charge in [0.05, 0.1) is 18.9 Å². The smallest absolute Gasteiger partial charge is 0.239 e. The Bertz CT molecular complexity index is 566. The fraction of sp³-hybridized carbons (Fsp3) is 0.706. The SMILES string of the molecule is CN=C(NCC(=O)NC(C)(C)C)N1CCC(C)C(n2ccnc2)C1.I. The Kier molecular flexibility index (Phi) is 8.17. The van der Waals surface area contributed by atoms with Gasteiger partial charge in [0.1, 0.15) is 0 Å². The minimum atomic E-state index is -0.227. The third-order valence-electron chi connectivity index (χ3n) is 4.26. The second-order valence-corrected chi connectivity index (χ2v) is 7.49. The number of halogens is 1. The molecular weight excluding hydrogens is 431 g/mol. The molecule has 0 bridgehead atoms. The molecule has 1 aliphatic rings. The molecule has 0 aromatic carbocycles. The Morgan fingerprint density at radius 2 is 2.12 bits per heavy atom. The molecule has 0 spiro atoms. The number of hydrogen-bond donors (Lipinski definition) is 2. The Labute approximate surface area is 167 Å². The largest absolute Gasteiger partial charge is 0.350 e. The standard InChI is InChI=1S/C17H30N6O.HI/c1-13-6-8-22(11-14(13)23-9-7-19-12-23)16(18-5)20-10-15(24)21-17(2,3)4;/h7,9,12-14H,6,8,10-11H2,1-5H3,(H,18,20)(H,21,24);1H. The summed E-state index contributed by atoms with van der Waals surface area (Å²) in [6, 6.07) is 0.364. The molecule has 1 aliphatic heterocycles. The van der Waals surface area contributed by atoms with Crippen LogP contribution in [0.25, 0.3) is 0 Å². The lowest BCUT2D eigenvalue weighted by Gasteiger charge is -2.39. The highest BCUT2D eigenvalue weighted by Crippen LogP contribution is 2.27. The van der Waals surface area contributed by atoms with Crippen LogP contribution in [0.3, 0.4) is 0 Å². The number of carbonyl (C=O) groups is 1. The average Bonchev–Trinajstić information content (AvgIpc) is 3.01. The number of nitrogens with one attached hydrogen (secondary N) is 2. The van der Waals surface area contributed by atoms with Crippen LogP contribution in [0.15, 0.2) is 23.7 Å². The molecule has 2 rings (SSSR count). The van der Waals surface area contributed by atoms with Gasteiger partial charge in [-0.3, -0.25) is 9.79 Å². The van der Waals surface area contributed by atoms with Crippen molar-refractivity contribution < 1.29 is 4.79 Å². The Hall–Kier alpha value is -1.32. The predicted octanol–water partition coefficient (Wildman–Crippen LogP) is 1.87. The first kappa shape index (κ1) is 21.7. The molecule has 142 valence electrons. The van der Waals surface area contributed by atoms with Crippen LogP contribution >= 0.6 is 24.0 Å². The summed E-state index contributed by atoms with van der Waals surface area (Å²) in [4.78, 5) is 22.7. The minimum absolute atomic E-state index is 0. The second kappa shape index (κ2) is 9.40. The lowest BCUT2D eigenvalue weighted by atomic mass is 9.93. The van der Waals surface area contributed by atoms with E-state index in [1.807, 2.05) is 39.5 Å². The van der Waals surface area contributed by atoms with E-state index < -0.39 is 0 Å². The first-order valence-corrected chi connectivity index (χ1v) is 8.54. The van der Waals surface area contributed by atoms with E-state index in [-0.39, 0.29) is 42.0 Å². The summed E-state index contributed by atoms with van der Waals surface area (Å²) < 4.78 is 2.16. The number of aliphatic imine (C=N–C) groups is 1. The highest BCUT2D eigenvalue weighted by Gasteiger charge is 2.29. The molecule has 25 heavy (non-hydrogen) atoms. The number of hydrogen-bond acceptors (Lipinski definition) is 3. The van der Waals surface area contributed by atoms with E-state index in [9.17, 15) is 4.79 Å². The summed E-state index contributed by atoms with van der Waals surface area (Å²) in [6.07, 6.45) is 6.78. The molecule has 2 N–H and O–H groups in total. The molecule has 2 unspecified atom stereocenters. The number of guanidine groups is 1. The number of piperidine rings is 1. The van der Waals surface area contributed by atoms with E-state index in [0.717, 1.165) is 25.5 Å². The molecule has 0 radical (unpaired) electrons. The molecule has 1 aromatic rings. The monoisotopic (exact) mass is 462 g/mol. The third-order valence-corrected chi connectivity index (χ3v) is 4.26. The van der Waals surface area contributed by atoms with Crippen molar-refractivity contribution in [1.82, 2.24) is 25.1 Å². The van der Waals surface area contributed by atoms with Gasteiger partial charge >= 0.3 is 0 Å². The Morgan fingerprint density at radius 3 is 2.68 bits per heavy atom. The number of aromatic nitrogens is 2.